The molecular formula is C24H32BrN3O7S2. The van der Waals surface area contributed by atoms with Crippen molar-refractivity contribution in [2.45, 2.75) is 51.3 Å². The standard InChI is InChI=1S/C9H13NO3S.C9H12O3S.C6H8BrN2O/c1-6-4-7(2)9(8(3)5-6)14(11,12)13-10;1-6-4-7(2)9(8(3)5-6)13(10,11)12;1-10-6-2-5(7)3-9(8)4-6/h4-5H,10H2,1-3H3;4-5H,1-3H3,(H,10,11,12);2-4H,8H2,1H3/q;;+1/p-1. The van der Waals surface area contributed by atoms with E-state index in [1.54, 1.807) is 71.5 Å². The number of nitrogen functional groups attached to an aromatic ring is 1. The maximum Gasteiger partial charge on any atom is 0.313 e. The molecule has 3 rings (SSSR count). The molecule has 0 bridgehead atoms. The Kier molecular flexibility index (Phi) is 11.7. The molecule has 0 aliphatic heterocycles. The number of hydrogen-bond donors (Lipinski definition) is 2. The van der Waals surface area contributed by atoms with Gasteiger partial charge in [0.15, 0.2) is 5.75 Å². The molecule has 0 unspecified atom stereocenters. The van der Waals surface area contributed by atoms with Crippen LogP contribution in [0.4, 0.5) is 0 Å². The second-order valence-electron chi connectivity index (χ2n) is 8.30. The smallest absolute Gasteiger partial charge is 0.313 e. The quantitative estimate of drug-likeness (QED) is 0.193. The lowest BCUT2D eigenvalue weighted by atomic mass is 10.1. The van der Waals surface area contributed by atoms with Gasteiger partial charge in [0.1, 0.15) is 15.0 Å². The molecule has 0 fully saturated rings. The average Bonchev–Trinajstić information content (AvgIpc) is 2.71. The molecule has 0 aliphatic rings. The van der Waals surface area contributed by atoms with E-state index in [1.165, 1.54) is 4.68 Å². The second-order valence-corrected chi connectivity index (χ2v) is 12.0. The normalized spacial score (nSPS) is 11.1. The van der Waals surface area contributed by atoms with Crippen LogP contribution in [-0.2, 0) is 24.5 Å². The highest BCUT2D eigenvalue weighted by Crippen LogP contribution is 2.23. The largest absolute Gasteiger partial charge is 0.744 e. The van der Waals surface area contributed by atoms with Crippen LogP contribution in [0.15, 0.2) is 57.0 Å². The maximum absolute atomic E-state index is 11.4. The van der Waals surface area contributed by atoms with Gasteiger partial charge in [-0.05, 0) is 79.7 Å². The maximum atomic E-state index is 11.4. The lowest BCUT2D eigenvalue weighted by Crippen LogP contribution is -2.43. The lowest BCUT2D eigenvalue weighted by Gasteiger charge is -2.14. The summed E-state index contributed by atoms with van der Waals surface area (Å²) in [6, 6.07) is 8.77. The fraction of sp³-hybridized carbons (Fsp3) is 0.292. The SMILES string of the molecule is COc1cc(Br)c[n+](N)c1.Cc1cc(C)c(S(=O)(=O)ON)c(C)c1.Cc1cc(C)c(S(=O)(=O)[O-])c(C)c1. The minimum atomic E-state index is -4.33. The number of ether oxygens (including phenoxy) is 1. The van der Waals surface area contributed by atoms with E-state index in [0.717, 1.165) is 21.3 Å². The predicted molar refractivity (Wildman–Crippen MR) is 143 cm³/mol. The van der Waals surface area contributed by atoms with Crippen LogP contribution in [0.2, 0.25) is 0 Å². The molecule has 4 N–H and O–H groups in total. The van der Waals surface area contributed by atoms with Crippen LogP contribution in [0, 0.1) is 41.5 Å². The van der Waals surface area contributed by atoms with Gasteiger partial charge in [-0.15, -0.1) is 0 Å². The molecule has 10 nitrogen and oxygen atoms in total. The minimum absolute atomic E-state index is 0.0851. The van der Waals surface area contributed by atoms with Gasteiger partial charge in [-0.25, -0.2) is 14.3 Å². The molecular weight excluding hydrogens is 586 g/mol. The molecule has 0 saturated heterocycles. The summed E-state index contributed by atoms with van der Waals surface area (Å²) in [7, 11) is -6.53. The summed E-state index contributed by atoms with van der Waals surface area (Å²) in [5, 5.41) is 0. The van der Waals surface area contributed by atoms with Crippen molar-refractivity contribution >= 4 is 36.2 Å². The van der Waals surface area contributed by atoms with Gasteiger partial charge in [0.05, 0.1) is 16.5 Å². The van der Waals surface area contributed by atoms with Gasteiger partial charge in [0.25, 0.3) is 0 Å². The van der Waals surface area contributed by atoms with Crippen LogP contribution in [-0.4, -0.2) is 28.5 Å². The Labute approximate surface area is 227 Å². The first-order valence-corrected chi connectivity index (χ1v) is 14.3. The summed E-state index contributed by atoms with van der Waals surface area (Å²) in [6.45, 7) is 10.5. The van der Waals surface area contributed by atoms with E-state index >= 15 is 0 Å². The predicted octanol–water partition coefficient (Wildman–Crippen LogP) is 3.17. The van der Waals surface area contributed by atoms with Gasteiger partial charge >= 0.3 is 10.1 Å². The van der Waals surface area contributed by atoms with Gasteiger partial charge in [0.2, 0.25) is 12.4 Å². The number of methoxy groups -OCH3 is 1. The Morgan fingerprint density at radius 1 is 0.784 bits per heavy atom. The van der Waals surface area contributed by atoms with E-state index in [1.807, 2.05) is 19.9 Å². The molecule has 0 saturated carbocycles. The third-order valence-electron chi connectivity index (χ3n) is 4.90. The molecule has 0 atom stereocenters. The highest BCUT2D eigenvalue weighted by Gasteiger charge is 2.19. The summed E-state index contributed by atoms with van der Waals surface area (Å²) < 4.78 is 66.6. The van der Waals surface area contributed by atoms with Crippen LogP contribution in [0.1, 0.15) is 33.4 Å². The van der Waals surface area contributed by atoms with Crippen LogP contribution in [0.25, 0.3) is 0 Å². The van der Waals surface area contributed by atoms with E-state index in [2.05, 4.69) is 20.2 Å². The number of aryl methyl sites for hydroxylation is 6. The van der Waals surface area contributed by atoms with Crippen molar-refractivity contribution in [1.82, 2.24) is 0 Å². The number of rotatable bonds is 4. The Balaban J connectivity index is 0.000000281. The van der Waals surface area contributed by atoms with E-state index < -0.39 is 20.2 Å². The molecule has 204 valence electrons. The average molecular weight is 619 g/mol. The zero-order valence-electron chi connectivity index (χ0n) is 21.7. The van der Waals surface area contributed by atoms with E-state index in [-0.39, 0.29) is 9.79 Å². The van der Waals surface area contributed by atoms with Gasteiger partial charge < -0.3 is 9.29 Å². The van der Waals surface area contributed by atoms with E-state index in [9.17, 15) is 21.4 Å². The highest BCUT2D eigenvalue weighted by molar-refractivity contribution is 9.10. The molecule has 37 heavy (non-hydrogen) atoms. The third kappa shape index (κ3) is 9.68. The van der Waals surface area contributed by atoms with Gasteiger partial charge in [-0.2, -0.15) is 18.6 Å². The summed E-state index contributed by atoms with van der Waals surface area (Å²) in [5.41, 5.74) is 4.30. The molecule has 0 spiro atoms. The summed E-state index contributed by atoms with van der Waals surface area (Å²) in [6.07, 6.45) is 3.42. The van der Waals surface area contributed by atoms with Crippen LogP contribution in [0.5, 0.6) is 5.75 Å². The fourth-order valence-electron chi connectivity index (χ4n) is 3.82. The van der Waals surface area contributed by atoms with E-state index in [0.29, 0.717) is 22.3 Å². The monoisotopic (exact) mass is 617 g/mol. The molecule has 0 amide bonds. The first kappa shape index (κ1) is 32.5. The fourth-order valence-corrected chi connectivity index (χ4v) is 6.19. The van der Waals surface area contributed by atoms with Crippen molar-refractivity contribution in [3.8, 4) is 5.75 Å². The molecule has 3 aromatic rings. The van der Waals surface area contributed by atoms with Crippen LogP contribution >= 0.6 is 15.9 Å². The lowest BCUT2D eigenvalue weighted by molar-refractivity contribution is -0.639. The first-order chi connectivity index (χ1) is 16.9. The Morgan fingerprint density at radius 2 is 1.19 bits per heavy atom. The Hall–Kier alpha value is -2.55. The van der Waals surface area contributed by atoms with Crippen molar-refractivity contribution in [3.63, 3.8) is 0 Å². The number of pyridine rings is 1. The first-order valence-electron chi connectivity index (χ1n) is 10.7. The summed E-state index contributed by atoms with van der Waals surface area (Å²) in [5.74, 6) is 10.9. The molecule has 1 aromatic heterocycles. The minimum Gasteiger partial charge on any atom is -0.744 e. The summed E-state index contributed by atoms with van der Waals surface area (Å²) >= 11 is 3.27. The van der Waals surface area contributed by atoms with Crippen molar-refractivity contribution in [2.24, 2.45) is 5.90 Å². The molecule has 1 heterocycles. The molecule has 2 aromatic carbocycles. The van der Waals surface area contributed by atoms with Gasteiger partial charge in [0, 0.05) is 6.07 Å². The number of hydrogen-bond acceptors (Lipinski definition) is 9. The summed E-state index contributed by atoms with van der Waals surface area (Å²) in [4.78, 5) is 0.0729. The Morgan fingerprint density at radius 3 is 1.51 bits per heavy atom. The van der Waals surface area contributed by atoms with Gasteiger partial charge in [-0.3, -0.25) is 0 Å². The van der Waals surface area contributed by atoms with Crippen LogP contribution < -0.4 is 21.2 Å². The topological polar surface area (TPSA) is 166 Å². The number of nitrogens with zero attached hydrogens (tertiary/aromatic N) is 1. The van der Waals surface area contributed by atoms with Crippen LogP contribution in [0.3, 0.4) is 0 Å². The number of aromatic nitrogens is 1. The zero-order chi connectivity index (χ0) is 28.7. The van der Waals surface area contributed by atoms with E-state index in [4.69, 9.17) is 16.5 Å². The third-order valence-corrected chi connectivity index (χ3v) is 7.88. The van der Waals surface area contributed by atoms with Crippen molar-refractivity contribution in [1.29, 1.82) is 0 Å². The zero-order valence-corrected chi connectivity index (χ0v) is 24.9. The molecule has 13 heteroatoms. The number of halogens is 1. The van der Waals surface area contributed by atoms with Crippen molar-refractivity contribution < 1.29 is 35.1 Å². The number of benzene rings is 2. The second kappa shape index (κ2) is 13.3. The van der Waals surface area contributed by atoms with Crippen molar-refractivity contribution in [3.05, 3.63) is 80.6 Å². The highest BCUT2D eigenvalue weighted by atomic mass is 79.9. The Bertz CT molecular complexity index is 1410. The van der Waals surface area contributed by atoms with Crippen molar-refractivity contribution in [2.75, 3.05) is 13.0 Å². The molecule has 0 radical (unpaired) electrons. The number of nitrogens with two attached hydrogens (primary N) is 2. The van der Waals surface area contributed by atoms with Gasteiger partial charge in [-0.1, -0.05) is 40.1 Å². The molecule has 0 aliphatic carbocycles.